The van der Waals surface area contributed by atoms with Crippen molar-refractivity contribution < 1.29 is 24.0 Å². The zero-order valence-corrected chi connectivity index (χ0v) is 29.8. The fourth-order valence-electron chi connectivity index (χ4n) is 5.77. The van der Waals surface area contributed by atoms with E-state index in [4.69, 9.17) is 28.4 Å². The van der Waals surface area contributed by atoms with Gasteiger partial charge in [0.25, 0.3) is 5.69 Å². The lowest BCUT2D eigenvalue weighted by Crippen LogP contribution is -2.42. The molecule has 0 saturated heterocycles. The second kappa shape index (κ2) is 17.4. The Morgan fingerprint density at radius 2 is 1.10 bits per heavy atom. The van der Waals surface area contributed by atoms with E-state index in [2.05, 4.69) is 31.0 Å². The number of hydrogen-bond donors (Lipinski definition) is 5. The van der Waals surface area contributed by atoms with Gasteiger partial charge < -0.3 is 36.5 Å². The number of nitrogens with zero attached hydrogens (tertiary/aromatic N) is 3. The van der Waals surface area contributed by atoms with E-state index in [0.717, 1.165) is 57.1 Å². The molecule has 0 unspecified atom stereocenters. The highest BCUT2D eigenvalue weighted by Crippen LogP contribution is 2.32. The maximum Gasteiger partial charge on any atom is 0.407 e. The average Bonchev–Trinajstić information content (AvgIpc) is 3.02. The summed E-state index contributed by atoms with van der Waals surface area (Å²) in [6, 6.07) is 10.3. The monoisotopic (exact) mass is 690 g/mol. The molecule has 14 nitrogen and oxygen atoms in total. The Bertz CT molecular complexity index is 1570. The number of nitrogen functional groups attached to an aromatic ring is 1. The molecule has 4 rings (SSSR count). The number of nitro benzene ring substituents is 1. The molecule has 50 heavy (non-hydrogen) atoms. The zero-order valence-electron chi connectivity index (χ0n) is 29.8. The smallest absolute Gasteiger partial charge is 0.407 e. The highest BCUT2D eigenvalue weighted by atomic mass is 16.6. The van der Waals surface area contributed by atoms with Crippen LogP contribution in [0.4, 0.5) is 43.7 Å². The SMILES string of the molecule is [C-]#[N+]c1ccc(NC2CCC(NC(=O)OC(C)(C)C)CC2)c(N)c1.[C-]#[N+]c1ccc(NC2CCC(NC(=O)OC(C)(C)C)CC2)c([N+](=O)[O-])c1. The van der Waals surface area contributed by atoms with Crippen molar-refractivity contribution in [3.05, 3.63) is 69.3 Å². The number of carbonyl (C=O) groups is 2. The third-order valence-corrected chi connectivity index (χ3v) is 8.09. The molecule has 14 heteroatoms. The summed E-state index contributed by atoms with van der Waals surface area (Å²) < 4.78 is 10.6. The van der Waals surface area contributed by atoms with E-state index in [9.17, 15) is 19.7 Å². The summed E-state index contributed by atoms with van der Waals surface area (Å²) in [4.78, 5) is 41.0. The van der Waals surface area contributed by atoms with Crippen molar-refractivity contribution >= 4 is 46.3 Å². The van der Waals surface area contributed by atoms with Crippen LogP contribution < -0.4 is 27.0 Å². The van der Waals surface area contributed by atoms with Gasteiger partial charge in [-0.1, -0.05) is 12.1 Å². The molecule has 2 aromatic rings. The molecule has 0 radical (unpaired) electrons. The fraction of sp³-hybridized carbons (Fsp3) is 0.556. The van der Waals surface area contributed by atoms with Crippen LogP contribution in [-0.2, 0) is 9.47 Å². The van der Waals surface area contributed by atoms with Gasteiger partial charge in [0.05, 0.1) is 23.8 Å². The highest BCUT2D eigenvalue weighted by molar-refractivity contribution is 5.72. The molecule has 0 atom stereocenters. The Morgan fingerprint density at radius 1 is 0.720 bits per heavy atom. The lowest BCUT2D eigenvalue weighted by atomic mass is 9.91. The number of nitrogens with one attached hydrogen (secondary N) is 4. The van der Waals surface area contributed by atoms with Crippen LogP contribution in [0, 0.1) is 23.3 Å². The number of hydrogen-bond acceptors (Lipinski definition) is 9. The Morgan fingerprint density at radius 3 is 1.48 bits per heavy atom. The van der Waals surface area contributed by atoms with Crippen LogP contribution in [0.3, 0.4) is 0 Å². The third kappa shape index (κ3) is 13.3. The van der Waals surface area contributed by atoms with Gasteiger partial charge >= 0.3 is 12.2 Å². The van der Waals surface area contributed by atoms with E-state index in [1.165, 1.54) is 6.07 Å². The van der Waals surface area contributed by atoms with E-state index >= 15 is 0 Å². The Labute approximate surface area is 294 Å². The molecule has 2 saturated carbocycles. The van der Waals surface area contributed by atoms with Crippen LogP contribution in [-0.4, -0.2) is 52.5 Å². The van der Waals surface area contributed by atoms with Crippen LogP contribution in [0.5, 0.6) is 0 Å². The van der Waals surface area contributed by atoms with Gasteiger partial charge in [-0.15, -0.1) is 0 Å². The molecular formula is C36H50N8O6. The second-order valence-corrected chi connectivity index (χ2v) is 14.6. The molecular weight excluding hydrogens is 640 g/mol. The number of benzene rings is 2. The van der Waals surface area contributed by atoms with Gasteiger partial charge in [0, 0.05) is 35.9 Å². The summed E-state index contributed by atoms with van der Waals surface area (Å²) in [5, 5.41) is 23.7. The van der Waals surface area contributed by atoms with Gasteiger partial charge in [0.1, 0.15) is 16.9 Å². The Hall–Kier alpha value is -5.24. The predicted octanol–water partition coefficient (Wildman–Crippen LogP) is 8.46. The average molecular weight is 691 g/mol. The van der Waals surface area contributed by atoms with Crippen LogP contribution in [0.25, 0.3) is 9.69 Å². The molecule has 6 N–H and O–H groups in total. The predicted molar refractivity (Wildman–Crippen MR) is 195 cm³/mol. The molecule has 2 aliphatic carbocycles. The second-order valence-electron chi connectivity index (χ2n) is 14.6. The molecule has 2 fully saturated rings. The van der Waals surface area contributed by atoms with Gasteiger partial charge in [0.2, 0.25) is 0 Å². The number of anilines is 3. The molecule has 0 aliphatic heterocycles. The largest absolute Gasteiger partial charge is 0.444 e. The third-order valence-electron chi connectivity index (χ3n) is 8.09. The fourth-order valence-corrected chi connectivity index (χ4v) is 5.77. The molecule has 2 aliphatic rings. The number of carbonyl (C=O) groups excluding carboxylic acids is 2. The highest BCUT2D eigenvalue weighted by Gasteiger charge is 2.27. The number of nitro groups is 1. The van der Waals surface area contributed by atoms with Crippen molar-refractivity contribution in [1.82, 2.24) is 10.6 Å². The van der Waals surface area contributed by atoms with Crippen molar-refractivity contribution in [2.75, 3.05) is 16.4 Å². The first-order valence-corrected chi connectivity index (χ1v) is 16.9. The number of alkyl carbamates (subject to hydrolysis) is 2. The minimum absolute atomic E-state index is 0.0439. The minimum atomic E-state index is -0.528. The van der Waals surface area contributed by atoms with Crippen LogP contribution in [0.2, 0.25) is 0 Å². The summed E-state index contributed by atoms with van der Waals surface area (Å²) in [6.07, 6.45) is 6.03. The molecule has 0 spiro atoms. The standard InChI is InChI=1S/C18H24N4O4.C18H26N4O2/c1-18(2,3)26-17(23)21-13-7-5-12(6-8-13)20-15-10-9-14(19-4)11-16(15)22(24)25;1-18(2,3)24-17(23)22-13-7-5-12(6-8-13)21-16-10-9-14(20-4)11-15(16)19/h9-13,20H,5-8H2,1-3H3,(H,21,23);9-13,21H,5-8,19H2,1-3H3,(H,22,23). The summed E-state index contributed by atoms with van der Waals surface area (Å²) >= 11 is 0. The van der Waals surface area contributed by atoms with Crippen LogP contribution >= 0.6 is 0 Å². The normalized spacial score (nSPS) is 20.3. The quantitative estimate of drug-likeness (QED) is 0.0825. The number of ether oxygens (including phenoxy) is 2. The van der Waals surface area contributed by atoms with Gasteiger partial charge in [-0.25, -0.2) is 19.3 Å². The van der Waals surface area contributed by atoms with Gasteiger partial charge in [0.15, 0.2) is 11.4 Å². The first kappa shape index (κ1) is 39.2. The maximum absolute atomic E-state index is 11.8. The molecule has 2 amide bonds. The number of nitrogens with two attached hydrogens (primary N) is 1. The first-order chi connectivity index (χ1) is 23.4. The van der Waals surface area contributed by atoms with Crippen LogP contribution in [0.1, 0.15) is 92.9 Å². The van der Waals surface area contributed by atoms with E-state index in [1.807, 2.05) is 47.6 Å². The van der Waals surface area contributed by atoms with Crippen molar-refractivity contribution in [1.29, 1.82) is 0 Å². The summed E-state index contributed by atoms with van der Waals surface area (Å²) in [7, 11) is 0. The topological polar surface area (TPSA) is 179 Å². The lowest BCUT2D eigenvalue weighted by molar-refractivity contribution is -0.383. The number of rotatable bonds is 7. The van der Waals surface area contributed by atoms with E-state index in [0.29, 0.717) is 23.1 Å². The van der Waals surface area contributed by atoms with Crippen molar-refractivity contribution in [2.45, 2.75) is 128 Å². The van der Waals surface area contributed by atoms with Gasteiger partial charge in [-0.3, -0.25) is 10.1 Å². The van der Waals surface area contributed by atoms with E-state index in [-0.39, 0.29) is 35.6 Å². The van der Waals surface area contributed by atoms with Gasteiger partial charge in [-0.05, 0) is 111 Å². The zero-order chi connectivity index (χ0) is 37.1. The molecule has 2 aromatic carbocycles. The van der Waals surface area contributed by atoms with E-state index in [1.54, 1.807) is 24.3 Å². The maximum atomic E-state index is 11.8. The van der Waals surface area contributed by atoms with E-state index < -0.39 is 22.2 Å². The summed E-state index contributed by atoms with van der Waals surface area (Å²) in [5.74, 6) is 0. The van der Waals surface area contributed by atoms with Crippen molar-refractivity contribution in [3.63, 3.8) is 0 Å². The summed E-state index contributed by atoms with van der Waals surface area (Å²) in [6.45, 7) is 25.0. The summed E-state index contributed by atoms with van der Waals surface area (Å²) in [5.41, 5.74) is 7.57. The Balaban J connectivity index is 0.000000271. The van der Waals surface area contributed by atoms with Crippen molar-refractivity contribution in [2.24, 2.45) is 0 Å². The molecule has 0 bridgehead atoms. The Kier molecular flexibility index (Phi) is 13.7. The molecule has 0 heterocycles. The molecule has 270 valence electrons. The van der Waals surface area contributed by atoms with Crippen LogP contribution in [0.15, 0.2) is 36.4 Å². The lowest BCUT2D eigenvalue weighted by Gasteiger charge is -2.31. The molecule has 0 aromatic heterocycles. The van der Waals surface area contributed by atoms with Gasteiger partial charge in [-0.2, -0.15) is 0 Å². The van der Waals surface area contributed by atoms with Crippen molar-refractivity contribution in [3.8, 4) is 0 Å². The number of amides is 2. The minimum Gasteiger partial charge on any atom is -0.444 e. The first-order valence-electron chi connectivity index (χ1n) is 16.9.